The molecule has 80 valence electrons. The number of halogens is 1. The molecular weight excluding hydrogens is 264 g/mol. The van der Waals surface area contributed by atoms with Crippen LogP contribution in [0.15, 0.2) is 34.9 Å². The van der Waals surface area contributed by atoms with Crippen molar-refractivity contribution >= 4 is 15.9 Å². The fraction of sp³-hybridized carbons (Fsp3) is 0.231. The van der Waals surface area contributed by atoms with E-state index in [9.17, 15) is 0 Å². The van der Waals surface area contributed by atoms with Gasteiger partial charge in [-0.15, -0.1) is 0 Å². The normalized spacial score (nSPS) is 13.8. The first-order valence-electron chi connectivity index (χ1n) is 5.44. The molecule has 0 amide bonds. The lowest BCUT2D eigenvalue weighted by molar-refractivity contribution is 0.900. The number of nitrogens with zero attached hydrogens (tertiary/aromatic N) is 2. The van der Waals surface area contributed by atoms with E-state index in [1.54, 1.807) is 0 Å². The van der Waals surface area contributed by atoms with Crippen LogP contribution < -0.4 is 0 Å². The van der Waals surface area contributed by atoms with Gasteiger partial charge in [-0.1, -0.05) is 28.1 Å². The van der Waals surface area contributed by atoms with E-state index >= 15 is 0 Å². The number of aryl methyl sites for hydroxylation is 2. The molecule has 0 saturated carbocycles. The van der Waals surface area contributed by atoms with E-state index < -0.39 is 0 Å². The van der Waals surface area contributed by atoms with E-state index in [0.717, 1.165) is 28.7 Å². The average molecular weight is 275 g/mol. The molecule has 0 aliphatic heterocycles. The molecule has 0 bridgehead atoms. The maximum Gasteiger partial charge on any atom is 0.159 e. The second kappa shape index (κ2) is 3.98. The van der Waals surface area contributed by atoms with Crippen molar-refractivity contribution in [1.82, 2.24) is 9.97 Å². The predicted octanol–water partition coefficient (Wildman–Crippen LogP) is 3.39. The monoisotopic (exact) mass is 274 g/mol. The molecule has 1 aromatic carbocycles. The number of rotatable bonds is 1. The van der Waals surface area contributed by atoms with Crippen LogP contribution in [-0.4, -0.2) is 9.97 Å². The SMILES string of the molecule is Brc1ccc(-c2ncc3c(n2)CCC3)cc1. The highest BCUT2D eigenvalue weighted by Gasteiger charge is 2.13. The van der Waals surface area contributed by atoms with Gasteiger partial charge in [0.15, 0.2) is 5.82 Å². The fourth-order valence-electron chi connectivity index (χ4n) is 2.05. The van der Waals surface area contributed by atoms with E-state index in [1.807, 2.05) is 30.5 Å². The van der Waals surface area contributed by atoms with E-state index in [4.69, 9.17) is 0 Å². The molecule has 16 heavy (non-hydrogen) atoms. The Bertz CT molecular complexity index is 520. The van der Waals surface area contributed by atoms with Crippen LogP contribution in [0.25, 0.3) is 11.4 Å². The van der Waals surface area contributed by atoms with Gasteiger partial charge in [0, 0.05) is 21.9 Å². The summed E-state index contributed by atoms with van der Waals surface area (Å²) in [7, 11) is 0. The minimum Gasteiger partial charge on any atom is -0.236 e. The molecule has 1 aliphatic rings. The van der Waals surface area contributed by atoms with E-state index in [0.29, 0.717) is 0 Å². The summed E-state index contributed by atoms with van der Waals surface area (Å²) in [5, 5.41) is 0. The van der Waals surface area contributed by atoms with Crippen LogP contribution in [0.2, 0.25) is 0 Å². The van der Waals surface area contributed by atoms with Crippen molar-refractivity contribution in [2.24, 2.45) is 0 Å². The quantitative estimate of drug-likeness (QED) is 0.797. The van der Waals surface area contributed by atoms with Crippen LogP contribution in [0.5, 0.6) is 0 Å². The summed E-state index contributed by atoms with van der Waals surface area (Å²) in [6.45, 7) is 0. The minimum atomic E-state index is 0.841. The van der Waals surface area contributed by atoms with Crippen molar-refractivity contribution in [2.45, 2.75) is 19.3 Å². The molecule has 2 nitrogen and oxygen atoms in total. The van der Waals surface area contributed by atoms with Crippen molar-refractivity contribution in [2.75, 3.05) is 0 Å². The first kappa shape index (κ1) is 9.97. The van der Waals surface area contributed by atoms with Crippen molar-refractivity contribution in [3.63, 3.8) is 0 Å². The van der Waals surface area contributed by atoms with Gasteiger partial charge in [0.1, 0.15) is 0 Å². The van der Waals surface area contributed by atoms with Gasteiger partial charge >= 0.3 is 0 Å². The Labute approximate surface area is 103 Å². The van der Waals surface area contributed by atoms with Gasteiger partial charge in [-0.2, -0.15) is 0 Å². The van der Waals surface area contributed by atoms with Gasteiger partial charge in [0.2, 0.25) is 0 Å². The smallest absolute Gasteiger partial charge is 0.159 e. The van der Waals surface area contributed by atoms with Crippen molar-refractivity contribution in [3.8, 4) is 11.4 Å². The molecule has 0 atom stereocenters. The second-order valence-corrected chi connectivity index (χ2v) is 4.94. The Balaban J connectivity index is 2.03. The van der Waals surface area contributed by atoms with Crippen LogP contribution in [0.1, 0.15) is 17.7 Å². The molecule has 3 rings (SSSR count). The van der Waals surface area contributed by atoms with Gasteiger partial charge < -0.3 is 0 Å². The van der Waals surface area contributed by atoms with Crippen LogP contribution >= 0.6 is 15.9 Å². The standard InChI is InChI=1S/C13H11BrN2/c14-11-6-4-9(5-7-11)13-15-8-10-2-1-3-12(10)16-13/h4-8H,1-3H2. The molecule has 0 radical (unpaired) electrons. The van der Waals surface area contributed by atoms with Gasteiger partial charge in [-0.3, -0.25) is 0 Å². The summed E-state index contributed by atoms with van der Waals surface area (Å²) in [4.78, 5) is 9.05. The Kier molecular flexibility index (Phi) is 2.48. The highest BCUT2D eigenvalue weighted by molar-refractivity contribution is 9.10. The third kappa shape index (κ3) is 1.76. The molecular formula is C13H11BrN2. The van der Waals surface area contributed by atoms with E-state index in [1.165, 1.54) is 17.7 Å². The molecule has 1 aliphatic carbocycles. The minimum absolute atomic E-state index is 0.841. The molecule has 0 unspecified atom stereocenters. The maximum atomic E-state index is 4.63. The largest absolute Gasteiger partial charge is 0.236 e. The number of hydrogen-bond acceptors (Lipinski definition) is 2. The molecule has 2 aromatic rings. The molecule has 1 heterocycles. The van der Waals surface area contributed by atoms with Gasteiger partial charge in [-0.25, -0.2) is 9.97 Å². The summed E-state index contributed by atoms with van der Waals surface area (Å²) >= 11 is 3.43. The van der Waals surface area contributed by atoms with Crippen LogP contribution in [0, 0.1) is 0 Å². The highest BCUT2D eigenvalue weighted by Crippen LogP contribution is 2.23. The number of hydrogen-bond donors (Lipinski definition) is 0. The Morgan fingerprint density at radius 3 is 2.69 bits per heavy atom. The highest BCUT2D eigenvalue weighted by atomic mass is 79.9. The lowest BCUT2D eigenvalue weighted by Crippen LogP contribution is -1.94. The lowest BCUT2D eigenvalue weighted by Gasteiger charge is -2.03. The molecule has 3 heteroatoms. The van der Waals surface area contributed by atoms with Crippen LogP contribution in [0.3, 0.4) is 0 Å². The predicted molar refractivity (Wildman–Crippen MR) is 67.2 cm³/mol. The summed E-state index contributed by atoms with van der Waals surface area (Å²) in [5.74, 6) is 0.841. The summed E-state index contributed by atoms with van der Waals surface area (Å²) in [5.41, 5.74) is 3.63. The molecule has 0 fully saturated rings. The summed E-state index contributed by atoms with van der Waals surface area (Å²) in [6, 6.07) is 8.12. The molecule has 0 spiro atoms. The van der Waals surface area contributed by atoms with Gasteiger partial charge in [0.05, 0.1) is 0 Å². The maximum absolute atomic E-state index is 4.63. The fourth-order valence-corrected chi connectivity index (χ4v) is 2.32. The number of fused-ring (bicyclic) bond motifs is 1. The zero-order chi connectivity index (χ0) is 11.0. The Morgan fingerprint density at radius 2 is 1.88 bits per heavy atom. The third-order valence-corrected chi connectivity index (χ3v) is 3.44. The van der Waals surface area contributed by atoms with Gasteiger partial charge in [-0.05, 0) is 37.0 Å². The van der Waals surface area contributed by atoms with Crippen molar-refractivity contribution in [3.05, 3.63) is 46.2 Å². The van der Waals surface area contributed by atoms with Crippen molar-refractivity contribution in [1.29, 1.82) is 0 Å². The zero-order valence-electron chi connectivity index (χ0n) is 8.78. The number of benzene rings is 1. The Hall–Kier alpha value is -1.22. The molecule has 1 aromatic heterocycles. The van der Waals surface area contributed by atoms with E-state index in [2.05, 4.69) is 25.9 Å². The van der Waals surface area contributed by atoms with Gasteiger partial charge in [0.25, 0.3) is 0 Å². The average Bonchev–Trinajstić information content (AvgIpc) is 2.77. The second-order valence-electron chi connectivity index (χ2n) is 4.03. The van der Waals surface area contributed by atoms with Crippen LogP contribution in [0.4, 0.5) is 0 Å². The topological polar surface area (TPSA) is 25.8 Å². The first-order chi connectivity index (χ1) is 7.83. The number of aromatic nitrogens is 2. The summed E-state index contributed by atoms with van der Waals surface area (Å²) < 4.78 is 1.08. The lowest BCUT2D eigenvalue weighted by atomic mass is 10.2. The molecule has 0 N–H and O–H groups in total. The molecule has 0 saturated heterocycles. The Morgan fingerprint density at radius 1 is 1.06 bits per heavy atom. The van der Waals surface area contributed by atoms with Crippen molar-refractivity contribution < 1.29 is 0 Å². The summed E-state index contributed by atoms with van der Waals surface area (Å²) in [6.07, 6.45) is 5.43. The first-order valence-corrected chi connectivity index (χ1v) is 6.23. The van der Waals surface area contributed by atoms with E-state index in [-0.39, 0.29) is 0 Å². The zero-order valence-corrected chi connectivity index (χ0v) is 10.4. The third-order valence-electron chi connectivity index (χ3n) is 2.92. The van der Waals surface area contributed by atoms with Crippen LogP contribution in [-0.2, 0) is 12.8 Å².